The zero-order valence-electron chi connectivity index (χ0n) is 10.8. The summed E-state index contributed by atoms with van der Waals surface area (Å²) in [6, 6.07) is 13.9. The van der Waals surface area contributed by atoms with Gasteiger partial charge in [0.1, 0.15) is 11.6 Å². The van der Waals surface area contributed by atoms with Crippen LogP contribution in [0.25, 0.3) is 0 Å². The Morgan fingerprint density at radius 2 is 1.95 bits per heavy atom. The molecule has 19 heavy (non-hydrogen) atoms. The quantitative estimate of drug-likeness (QED) is 0.889. The van der Waals surface area contributed by atoms with Gasteiger partial charge in [-0.05, 0) is 30.7 Å². The van der Waals surface area contributed by atoms with Gasteiger partial charge in [0, 0.05) is 12.0 Å². The molecule has 0 aliphatic heterocycles. The third-order valence-electron chi connectivity index (χ3n) is 2.91. The number of hydrogen-bond donors (Lipinski definition) is 1. The Morgan fingerprint density at radius 1 is 1.16 bits per heavy atom. The highest BCUT2D eigenvalue weighted by Crippen LogP contribution is 2.20. The first-order valence-corrected chi connectivity index (χ1v) is 6.29. The summed E-state index contributed by atoms with van der Waals surface area (Å²) in [4.78, 5) is 0. The molecule has 0 amide bonds. The summed E-state index contributed by atoms with van der Waals surface area (Å²) in [5.74, 6) is 0.381. The predicted molar refractivity (Wildman–Crippen MR) is 72.7 cm³/mol. The molecule has 0 radical (unpaired) electrons. The highest BCUT2D eigenvalue weighted by Gasteiger charge is 2.11. The number of rotatable bonds is 5. The lowest BCUT2D eigenvalue weighted by Gasteiger charge is -2.13. The van der Waals surface area contributed by atoms with Gasteiger partial charge in [-0.15, -0.1) is 0 Å². The van der Waals surface area contributed by atoms with Crippen LogP contribution in [0.1, 0.15) is 23.7 Å². The minimum absolute atomic E-state index is 0.315. The van der Waals surface area contributed by atoms with E-state index in [-0.39, 0.29) is 5.82 Å². The van der Waals surface area contributed by atoms with Crippen molar-refractivity contribution in [3.05, 3.63) is 65.5 Å². The van der Waals surface area contributed by atoms with E-state index in [0.717, 1.165) is 11.3 Å². The molecule has 1 unspecified atom stereocenters. The first-order chi connectivity index (χ1) is 9.16. The second kappa shape index (κ2) is 6.34. The highest BCUT2D eigenvalue weighted by atomic mass is 19.1. The summed E-state index contributed by atoms with van der Waals surface area (Å²) in [6.07, 6.45) is -0.486. The van der Waals surface area contributed by atoms with Crippen LogP contribution >= 0.6 is 0 Å². The Balaban J connectivity index is 1.88. The normalized spacial score (nSPS) is 12.2. The van der Waals surface area contributed by atoms with Gasteiger partial charge in [-0.25, -0.2) is 4.39 Å². The Hall–Kier alpha value is -1.87. The number of aliphatic hydroxyl groups is 1. The van der Waals surface area contributed by atoms with Crippen molar-refractivity contribution in [3.63, 3.8) is 0 Å². The first-order valence-electron chi connectivity index (χ1n) is 6.29. The van der Waals surface area contributed by atoms with Crippen molar-refractivity contribution in [2.24, 2.45) is 0 Å². The average molecular weight is 260 g/mol. The van der Waals surface area contributed by atoms with Crippen LogP contribution in [-0.4, -0.2) is 11.7 Å². The zero-order chi connectivity index (χ0) is 13.7. The van der Waals surface area contributed by atoms with Crippen LogP contribution in [0.15, 0.2) is 48.5 Å². The predicted octanol–water partition coefficient (Wildman–Crippen LogP) is 3.64. The summed E-state index contributed by atoms with van der Waals surface area (Å²) in [7, 11) is 0. The van der Waals surface area contributed by atoms with E-state index >= 15 is 0 Å². The van der Waals surface area contributed by atoms with E-state index in [1.165, 1.54) is 6.07 Å². The van der Waals surface area contributed by atoms with Crippen LogP contribution in [0, 0.1) is 12.7 Å². The molecule has 0 saturated heterocycles. The van der Waals surface area contributed by atoms with E-state index in [4.69, 9.17) is 4.74 Å². The zero-order valence-corrected chi connectivity index (χ0v) is 10.8. The van der Waals surface area contributed by atoms with Crippen LogP contribution in [-0.2, 0) is 0 Å². The second-order valence-corrected chi connectivity index (χ2v) is 4.49. The van der Waals surface area contributed by atoms with Crippen LogP contribution in [0.3, 0.4) is 0 Å². The second-order valence-electron chi connectivity index (χ2n) is 4.49. The number of ether oxygens (including phenoxy) is 1. The number of hydrogen-bond acceptors (Lipinski definition) is 2. The van der Waals surface area contributed by atoms with Crippen LogP contribution in [0.5, 0.6) is 5.75 Å². The van der Waals surface area contributed by atoms with Crippen LogP contribution in [0.4, 0.5) is 4.39 Å². The van der Waals surface area contributed by atoms with E-state index in [0.29, 0.717) is 18.6 Å². The summed E-state index contributed by atoms with van der Waals surface area (Å²) >= 11 is 0. The fraction of sp³-hybridized carbons (Fsp3) is 0.250. The Bertz CT molecular complexity index is 540. The molecule has 0 aliphatic carbocycles. The fourth-order valence-corrected chi connectivity index (χ4v) is 1.89. The molecule has 0 heterocycles. The van der Waals surface area contributed by atoms with Crippen molar-refractivity contribution in [2.75, 3.05) is 6.61 Å². The lowest BCUT2D eigenvalue weighted by atomic mass is 10.1. The van der Waals surface area contributed by atoms with Crippen molar-refractivity contribution in [1.82, 2.24) is 0 Å². The standard InChI is InChI=1S/C16H17FO2/c1-12-5-4-6-13(11-12)19-10-9-16(18)14-7-2-3-8-15(14)17/h2-8,11,16,18H,9-10H2,1H3. The van der Waals surface area contributed by atoms with Crippen LogP contribution < -0.4 is 4.74 Å². The van der Waals surface area contributed by atoms with Crippen molar-refractivity contribution in [1.29, 1.82) is 0 Å². The summed E-state index contributed by atoms with van der Waals surface area (Å²) in [6.45, 7) is 2.33. The Morgan fingerprint density at radius 3 is 2.68 bits per heavy atom. The molecule has 100 valence electrons. The minimum Gasteiger partial charge on any atom is -0.493 e. The van der Waals surface area contributed by atoms with Gasteiger partial charge < -0.3 is 9.84 Å². The summed E-state index contributed by atoms with van der Waals surface area (Å²) in [5, 5.41) is 9.91. The number of aryl methyl sites for hydroxylation is 1. The largest absolute Gasteiger partial charge is 0.493 e. The molecule has 0 saturated carbocycles. The molecule has 1 N–H and O–H groups in total. The van der Waals surface area contributed by atoms with Gasteiger partial charge in [0.25, 0.3) is 0 Å². The van der Waals surface area contributed by atoms with E-state index in [2.05, 4.69) is 0 Å². The molecular formula is C16H17FO2. The first kappa shape index (κ1) is 13.6. The molecule has 0 spiro atoms. The molecule has 2 nitrogen and oxygen atoms in total. The van der Waals surface area contributed by atoms with Gasteiger partial charge in [0.2, 0.25) is 0 Å². The van der Waals surface area contributed by atoms with Crippen molar-refractivity contribution >= 4 is 0 Å². The summed E-state index contributed by atoms with van der Waals surface area (Å²) < 4.78 is 19.0. The Labute approximate surface area is 112 Å². The molecular weight excluding hydrogens is 243 g/mol. The fourth-order valence-electron chi connectivity index (χ4n) is 1.89. The SMILES string of the molecule is Cc1cccc(OCCC(O)c2ccccc2F)c1. The van der Waals surface area contributed by atoms with Gasteiger partial charge in [0.15, 0.2) is 0 Å². The number of halogens is 1. The molecule has 0 bridgehead atoms. The molecule has 2 rings (SSSR count). The average Bonchev–Trinajstić information content (AvgIpc) is 2.39. The molecule has 2 aromatic carbocycles. The van der Waals surface area contributed by atoms with Crippen molar-refractivity contribution < 1.29 is 14.2 Å². The third kappa shape index (κ3) is 3.80. The molecule has 3 heteroatoms. The monoisotopic (exact) mass is 260 g/mol. The van der Waals surface area contributed by atoms with Crippen molar-refractivity contribution in [3.8, 4) is 5.75 Å². The van der Waals surface area contributed by atoms with E-state index in [1.54, 1.807) is 18.2 Å². The smallest absolute Gasteiger partial charge is 0.129 e. The molecule has 1 atom stereocenters. The van der Waals surface area contributed by atoms with Gasteiger partial charge >= 0.3 is 0 Å². The van der Waals surface area contributed by atoms with Gasteiger partial charge in [0.05, 0.1) is 12.7 Å². The lowest BCUT2D eigenvalue weighted by Crippen LogP contribution is -2.07. The van der Waals surface area contributed by atoms with E-state index in [1.807, 2.05) is 31.2 Å². The van der Waals surface area contributed by atoms with Crippen molar-refractivity contribution in [2.45, 2.75) is 19.4 Å². The van der Waals surface area contributed by atoms with E-state index < -0.39 is 6.10 Å². The summed E-state index contributed by atoms with van der Waals surface area (Å²) in [5.41, 5.74) is 1.43. The molecule has 0 aromatic heterocycles. The Kier molecular flexibility index (Phi) is 4.53. The molecule has 0 fully saturated rings. The van der Waals surface area contributed by atoms with Crippen LogP contribution in [0.2, 0.25) is 0 Å². The maximum Gasteiger partial charge on any atom is 0.129 e. The highest BCUT2D eigenvalue weighted by molar-refractivity contribution is 5.27. The van der Waals surface area contributed by atoms with Gasteiger partial charge in [-0.1, -0.05) is 30.3 Å². The maximum atomic E-state index is 13.4. The number of aliphatic hydroxyl groups excluding tert-OH is 1. The minimum atomic E-state index is -0.842. The third-order valence-corrected chi connectivity index (χ3v) is 2.91. The lowest BCUT2D eigenvalue weighted by molar-refractivity contribution is 0.137. The maximum absolute atomic E-state index is 13.4. The molecule has 0 aliphatic rings. The van der Waals surface area contributed by atoms with Gasteiger partial charge in [-0.2, -0.15) is 0 Å². The topological polar surface area (TPSA) is 29.5 Å². The number of benzene rings is 2. The molecule has 2 aromatic rings. The van der Waals surface area contributed by atoms with Gasteiger partial charge in [-0.3, -0.25) is 0 Å². The van der Waals surface area contributed by atoms with E-state index in [9.17, 15) is 9.50 Å².